The Bertz CT molecular complexity index is 923. The van der Waals surface area contributed by atoms with Gasteiger partial charge >= 0.3 is 5.97 Å². The number of aliphatic carboxylic acids is 1. The van der Waals surface area contributed by atoms with Crippen LogP contribution in [0, 0.1) is 5.92 Å². The number of carbonyl (C=O) groups excluding carboxylic acids is 1. The van der Waals surface area contributed by atoms with Crippen molar-refractivity contribution < 1.29 is 19.8 Å². The fourth-order valence-corrected chi connectivity index (χ4v) is 5.62. The Morgan fingerprint density at radius 3 is 2.81 bits per heavy atom. The first-order chi connectivity index (χ1) is 13.0. The van der Waals surface area contributed by atoms with E-state index < -0.39 is 18.0 Å². The van der Waals surface area contributed by atoms with Crippen LogP contribution in [0.25, 0.3) is 10.6 Å². The molecule has 0 saturated carbocycles. The lowest BCUT2D eigenvalue weighted by atomic mass is 9.83. The molecule has 2 N–H and O–H groups in total. The number of nitrogens with zero attached hydrogens (tertiary/aromatic N) is 2. The first-order valence-corrected chi connectivity index (χ1v) is 10.4. The number of aromatic nitrogens is 1. The number of thiazole rings is 1. The largest absolute Gasteiger partial charge is 0.477 e. The summed E-state index contributed by atoms with van der Waals surface area (Å²) in [5.74, 6) is -1.37. The van der Waals surface area contributed by atoms with Crippen LogP contribution in [0.3, 0.4) is 0 Å². The Kier molecular flexibility index (Phi) is 4.79. The van der Waals surface area contributed by atoms with Gasteiger partial charge in [-0.05, 0) is 6.92 Å². The molecule has 2 aromatic rings. The number of benzene rings is 1. The minimum absolute atomic E-state index is 0.0606. The normalized spacial score (nSPS) is 22.6. The van der Waals surface area contributed by atoms with Gasteiger partial charge in [-0.1, -0.05) is 30.3 Å². The SMILES string of the molecule is C[C@H](O)[C@@H]1C(=O)N2C(C(=O)O)=C(SCc3csc(-c4ccccc4)n3)C[C@H]12. The number of carboxylic acid groups (broad SMARTS) is 1. The van der Waals surface area contributed by atoms with Crippen molar-refractivity contribution in [3.05, 3.63) is 52.0 Å². The number of rotatable bonds is 6. The van der Waals surface area contributed by atoms with Gasteiger partial charge in [0.2, 0.25) is 5.91 Å². The van der Waals surface area contributed by atoms with Crippen molar-refractivity contribution in [2.24, 2.45) is 5.92 Å². The summed E-state index contributed by atoms with van der Waals surface area (Å²) in [5, 5.41) is 22.3. The molecule has 2 aliphatic rings. The molecular formula is C19H18N2O4S2. The number of hydrogen-bond donors (Lipinski definition) is 2. The number of carboxylic acids is 1. The van der Waals surface area contributed by atoms with Gasteiger partial charge in [0, 0.05) is 28.0 Å². The summed E-state index contributed by atoms with van der Waals surface area (Å²) < 4.78 is 0. The Hall–Kier alpha value is -2.16. The summed E-state index contributed by atoms with van der Waals surface area (Å²) in [6.07, 6.45) is -0.298. The molecule has 2 aliphatic heterocycles. The van der Waals surface area contributed by atoms with Gasteiger partial charge in [-0.2, -0.15) is 0 Å². The van der Waals surface area contributed by atoms with Crippen LogP contribution in [-0.4, -0.2) is 44.1 Å². The summed E-state index contributed by atoms with van der Waals surface area (Å²) in [6.45, 7) is 1.58. The third-order valence-corrected chi connectivity index (χ3v) is 6.95. The third-order valence-electron chi connectivity index (χ3n) is 4.86. The lowest BCUT2D eigenvalue weighted by Gasteiger charge is -2.44. The van der Waals surface area contributed by atoms with Gasteiger partial charge in [-0.25, -0.2) is 9.78 Å². The van der Waals surface area contributed by atoms with Gasteiger partial charge in [0.15, 0.2) is 0 Å². The quantitative estimate of drug-likeness (QED) is 0.722. The average Bonchev–Trinajstić information content (AvgIpc) is 3.23. The second-order valence-corrected chi connectivity index (χ2v) is 8.55. The maximum absolute atomic E-state index is 12.2. The lowest BCUT2D eigenvalue weighted by Crippen LogP contribution is -2.61. The first-order valence-electron chi connectivity index (χ1n) is 8.57. The highest BCUT2D eigenvalue weighted by Gasteiger charge is 2.56. The highest BCUT2D eigenvalue weighted by Crippen LogP contribution is 2.47. The zero-order valence-electron chi connectivity index (χ0n) is 14.5. The van der Waals surface area contributed by atoms with Crippen molar-refractivity contribution in [2.75, 3.05) is 0 Å². The Morgan fingerprint density at radius 2 is 2.15 bits per heavy atom. The molecule has 0 bridgehead atoms. The zero-order valence-corrected chi connectivity index (χ0v) is 16.2. The van der Waals surface area contributed by atoms with Crippen LogP contribution in [0.2, 0.25) is 0 Å². The molecule has 1 saturated heterocycles. The molecule has 0 aliphatic carbocycles. The Labute approximate surface area is 164 Å². The Morgan fingerprint density at radius 1 is 1.41 bits per heavy atom. The molecule has 27 heavy (non-hydrogen) atoms. The van der Waals surface area contributed by atoms with Crippen LogP contribution in [0.4, 0.5) is 0 Å². The molecule has 3 atom stereocenters. The molecule has 3 heterocycles. The van der Waals surface area contributed by atoms with Gasteiger partial charge in [-0.15, -0.1) is 23.1 Å². The van der Waals surface area contributed by atoms with Crippen LogP contribution < -0.4 is 0 Å². The van der Waals surface area contributed by atoms with E-state index in [9.17, 15) is 19.8 Å². The highest BCUT2D eigenvalue weighted by atomic mass is 32.2. The van der Waals surface area contributed by atoms with E-state index in [1.54, 1.807) is 18.3 Å². The summed E-state index contributed by atoms with van der Waals surface area (Å²) in [5.41, 5.74) is 2.00. The van der Waals surface area contributed by atoms with Crippen LogP contribution in [0.1, 0.15) is 19.0 Å². The molecule has 0 unspecified atom stereocenters. The van der Waals surface area contributed by atoms with Crippen molar-refractivity contribution in [2.45, 2.75) is 31.2 Å². The summed E-state index contributed by atoms with van der Waals surface area (Å²) in [6, 6.07) is 9.65. The summed E-state index contributed by atoms with van der Waals surface area (Å²) in [4.78, 5) is 30.6. The number of aliphatic hydroxyl groups excluding tert-OH is 1. The fourth-order valence-electron chi connectivity index (χ4n) is 3.61. The van der Waals surface area contributed by atoms with Crippen molar-refractivity contribution >= 4 is 35.0 Å². The van der Waals surface area contributed by atoms with E-state index in [0.717, 1.165) is 16.3 Å². The summed E-state index contributed by atoms with van der Waals surface area (Å²) in [7, 11) is 0. The van der Waals surface area contributed by atoms with E-state index >= 15 is 0 Å². The van der Waals surface area contributed by atoms with Gasteiger partial charge < -0.3 is 15.1 Å². The number of amides is 1. The molecule has 1 fully saturated rings. The molecule has 4 rings (SSSR count). The van der Waals surface area contributed by atoms with Gasteiger partial charge in [0.25, 0.3) is 0 Å². The molecule has 0 radical (unpaired) electrons. The number of fused-ring (bicyclic) bond motifs is 1. The minimum atomic E-state index is -1.10. The van der Waals surface area contributed by atoms with E-state index in [1.165, 1.54) is 16.7 Å². The Balaban J connectivity index is 1.49. The number of thioether (sulfide) groups is 1. The van der Waals surface area contributed by atoms with E-state index in [-0.39, 0.29) is 17.6 Å². The van der Waals surface area contributed by atoms with Gasteiger partial charge in [0.05, 0.1) is 23.8 Å². The second kappa shape index (κ2) is 7.10. The molecule has 0 spiro atoms. The molecule has 6 nitrogen and oxygen atoms in total. The number of carbonyl (C=O) groups is 2. The maximum Gasteiger partial charge on any atom is 0.353 e. The third kappa shape index (κ3) is 3.18. The zero-order chi connectivity index (χ0) is 19.1. The maximum atomic E-state index is 12.2. The van der Waals surface area contributed by atoms with E-state index in [0.29, 0.717) is 17.1 Å². The lowest BCUT2D eigenvalue weighted by molar-refractivity contribution is -0.161. The van der Waals surface area contributed by atoms with Crippen LogP contribution in [0.5, 0.6) is 0 Å². The van der Waals surface area contributed by atoms with E-state index in [1.807, 2.05) is 35.7 Å². The van der Waals surface area contributed by atoms with Crippen molar-refractivity contribution in [1.29, 1.82) is 0 Å². The fraction of sp³-hybridized carbons (Fsp3) is 0.316. The number of hydrogen-bond acceptors (Lipinski definition) is 6. The average molecular weight is 402 g/mol. The van der Waals surface area contributed by atoms with Crippen LogP contribution >= 0.6 is 23.1 Å². The molecule has 1 aromatic carbocycles. The summed E-state index contributed by atoms with van der Waals surface area (Å²) >= 11 is 2.97. The standard InChI is InChI=1S/C19H18N2O4S2/c1-10(22)15-13-7-14(16(19(24)25)21(13)18(15)23)26-8-12-9-27-17(20-12)11-5-3-2-4-6-11/h2-6,9-10,13,15,22H,7-8H2,1H3,(H,24,25)/t10-,13+,15-/m0/s1. The topological polar surface area (TPSA) is 90.7 Å². The smallest absolute Gasteiger partial charge is 0.353 e. The minimum Gasteiger partial charge on any atom is -0.477 e. The monoisotopic (exact) mass is 402 g/mol. The number of β-lactam (4-membered cyclic amide) rings is 1. The highest BCUT2D eigenvalue weighted by molar-refractivity contribution is 8.02. The molecule has 140 valence electrons. The number of aliphatic hydroxyl groups is 1. The molecule has 8 heteroatoms. The van der Waals surface area contributed by atoms with E-state index in [2.05, 4.69) is 4.98 Å². The first kappa shape index (κ1) is 18.2. The molecule has 1 aromatic heterocycles. The van der Waals surface area contributed by atoms with Crippen molar-refractivity contribution in [3.8, 4) is 10.6 Å². The van der Waals surface area contributed by atoms with Gasteiger partial charge in [0.1, 0.15) is 10.7 Å². The predicted molar refractivity (Wildman–Crippen MR) is 104 cm³/mol. The van der Waals surface area contributed by atoms with Crippen LogP contribution in [-0.2, 0) is 15.3 Å². The molecular weight excluding hydrogens is 384 g/mol. The van der Waals surface area contributed by atoms with E-state index in [4.69, 9.17) is 0 Å². The van der Waals surface area contributed by atoms with Crippen LogP contribution in [0.15, 0.2) is 46.3 Å². The predicted octanol–water partition coefficient (Wildman–Crippen LogP) is 2.95. The second-order valence-electron chi connectivity index (χ2n) is 6.62. The van der Waals surface area contributed by atoms with Crippen molar-refractivity contribution in [1.82, 2.24) is 9.88 Å². The van der Waals surface area contributed by atoms with Gasteiger partial charge in [-0.3, -0.25) is 4.79 Å². The van der Waals surface area contributed by atoms with Crippen molar-refractivity contribution in [3.63, 3.8) is 0 Å². The molecule has 1 amide bonds.